The number of aryl methyl sites for hydroxylation is 1. The topological polar surface area (TPSA) is 51.8 Å². The molecule has 0 unspecified atom stereocenters. The molecule has 0 amide bonds. The SMILES string of the molecule is C=Cc1nc(-c2ccc(C)cc2)cnc1N.CC.CC. The summed E-state index contributed by atoms with van der Waals surface area (Å²) in [5.74, 6) is 0.408. The van der Waals surface area contributed by atoms with E-state index in [1.807, 2.05) is 58.9 Å². The Bertz CT molecular complexity index is 516. The van der Waals surface area contributed by atoms with Crippen LogP contribution in [0, 0.1) is 6.92 Å². The van der Waals surface area contributed by atoms with Gasteiger partial charge in [0.1, 0.15) is 11.5 Å². The van der Waals surface area contributed by atoms with Gasteiger partial charge < -0.3 is 5.73 Å². The van der Waals surface area contributed by atoms with Crippen molar-refractivity contribution in [2.24, 2.45) is 0 Å². The van der Waals surface area contributed by atoms with Crippen molar-refractivity contribution in [2.45, 2.75) is 34.6 Å². The van der Waals surface area contributed by atoms with E-state index in [1.54, 1.807) is 12.3 Å². The van der Waals surface area contributed by atoms with E-state index in [4.69, 9.17) is 5.73 Å². The summed E-state index contributed by atoms with van der Waals surface area (Å²) in [6.45, 7) is 13.7. The lowest BCUT2D eigenvalue weighted by Crippen LogP contribution is -1.98. The molecule has 0 aliphatic heterocycles. The van der Waals surface area contributed by atoms with Crippen LogP contribution >= 0.6 is 0 Å². The van der Waals surface area contributed by atoms with Gasteiger partial charge in [0.15, 0.2) is 0 Å². The highest BCUT2D eigenvalue weighted by atomic mass is 14.9. The van der Waals surface area contributed by atoms with E-state index in [0.29, 0.717) is 11.5 Å². The third-order valence-electron chi connectivity index (χ3n) is 2.37. The number of nitrogens with two attached hydrogens (primary N) is 1. The Kier molecular flexibility index (Phi) is 8.68. The second-order valence-electron chi connectivity index (χ2n) is 3.60. The third kappa shape index (κ3) is 4.84. The van der Waals surface area contributed by atoms with E-state index < -0.39 is 0 Å². The van der Waals surface area contributed by atoms with Crippen molar-refractivity contribution in [3.05, 3.63) is 48.3 Å². The van der Waals surface area contributed by atoms with Crippen LogP contribution in [0.15, 0.2) is 37.0 Å². The first-order valence-corrected chi connectivity index (χ1v) is 7.02. The van der Waals surface area contributed by atoms with Crippen LogP contribution in [0.1, 0.15) is 39.0 Å². The minimum atomic E-state index is 0.408. The van der Waals surface area contributed by atoms with E-state index in [9.17, 15) is 0 Å². The van der Waals surface area contributed by atoms with E-state index in [0.717, 1.165) is 11.3 Å². The van der Waals surface area contributed by atoms with Gasteiger partial charge in [-0.15, -0.1) is 0 Å². The molecule has 0 spiro atoms. The summed E-state index contributed by atoms with van der Waals surface area (Å²) in [7, 11) is 0. The molecule has 3 heteroatoms. The highest BCUT2D eigenvalue weighted by Crippen LogP contribution is 2.19. The first kappa shape index (κ1) is 17.8. The maximum Gasteiger partial charge on any atom is 0.149 e. The van der Waals surface area contributed by atoms with Gasteiger partial charge in [-0.3, -0.25) is 0 Å². The van der Waals surface area contributed by atoms with Crippen LogP contribution in [0.3, 0.4) is 0 Å². The van der Waals surface area contributed by atoms with Gasteiger partial charge in [-0.05, 0) is 13.0 Å². The van der Waals surface area contributed by atoms with Crippen LogP contribution < -0.4 is 5.73 Å². The second-order valence-corrected chi connectivity index (χ2v) is 3.60. The van der Waals surface area contributed by atoms with E-state index in [2.05, 4.69) is 16.5 Å². The molecule has 0 fully saturated rings. The Morgan fingerprint density at radius 2 is 1.60 bits per heavy atom. The third-order valence-corrected chi connectivity index (χ3v) is 2.37. The molecule has 1 aromatic heterocycles. The summed E-state index contributed by atoms with van der Waals surface area (Å²) in [5, 5.41) is 0. The zero-order valence-electron chi connectivity index (χ0n) is 13.1. The minimum absolute atomic E-state index is 0.408. The monoisotopic (exact) mass is 271 g/mol. The minimum Gasteiger partial charge on any atom is -0.382 e. The van der Waals surface area contributed by atoms with Crippen molar-refractivity contribution in [2.75, 3.05) is 5.73 Å². The molecule has 2 N–H and O–H groups in total. The van der Waals surface area contributed by atoms with Gasteiger partial charge >= 0.3 is 0 Å². The van der Waals surface area contributed by atoms with Crippen molar-refractivity contribution < 1.29 is 0 Å². The van der Waals surface area contributed by atoms with Gasteiger partial charge in [0.05, 0.1) is 11.9 Å². The van der Waals surface area contributed by atoms with Gasteiger partial charge in [0.2, 0.25) is 0 Å². The van der Waals surface area contributed by atoms with Crippen molar-refractivity contribution in [1.29, 1.82) is 0 Å². The number of anilines is 1. The molecule has 3 nitrogen and oxygen atoms in total. The maximum absolute atomic E-state index is 5.66. The van der Waals surface area contributed by atoms with Crippen LogP contribution in [0.4, 0.5) is 5.82 Å². The Balaban J connectivity index is 0.000000829. The molecule has 0 radical (unpaired) electrons. The number of rotatable bonds is 2. The lowest BCUT2D eigenvalue weighted by Gasteiger charge is -2.04. The van der Waals surface area contributed by atoms with Crippen LogP contribution in [0.5, 0.6) is 0 Å². The van der Waals surface area contributed by atoms with Crippen molar-refractivity contribution >= 4 is 11.9 Å². The van der Waals surface area contributed by atoms with Gasteiger partial charge in [0, 0.05) is 5.56 Å². The average Bonchev–Trinajstić information content (AvgIpc) is 2.53. The average molecular weight is 271 g/mol. The molecule has 0 saturated heterocycles. The molecule has 2 aromatic rings. The molecule has 0 bridgehead atoms. The summed E-state index contributed by atoms with van der Waals surface area (Å²) in [4.78, 5) is 8.48. The molecule has 1 heterocycles. The number of aromatic nitrogens is 2. The number of nitrogen functional groups attached to an aromatic ring is 1. The van der Waals surface area contributed by atoms with E-state index in [-0.39, 0.29) is 0 Å². The van der Waals surface area contributed by atoms with Gasteiger partial charge in [-0.1, -0.05) is 64.1 Å². The van der Waals surface area contributed by atoms with Crippen molar-refractivity contribution in [3.8, 4) is 11.3 Å². The lowest BCUT2D eigenvalue weighted by atomic mass is 10.1. The molecule has 1 aromatic carbocycles. The zero-order valence-corrected chi connectivity index (χ0v) is 13.1. The highest BCUT2D eigenvalue weighted by molar-refractivity contribution is 5.64. The Morgan fingerprint density at radius 3 is 2.10 bits per heavy atom. The molecule has 2 rings (SSSR count). The summed E-state index contributed by atoms with van der Waals surface area (Å²) in [5.41, 5.74) is 9.34. The maximum atomic E-state index is 5.66. The molecular weight excluding hydrogens is 246 g/mol. The first-order valence-electron chi connectivity index (χ1n) is 7.02. The molecule has 0 aliphatic carbocycles. The molecule has 0 atom stereocenters. The second kappa shape index (κ2) is 9.73. The fourth-order valence-corrected chi connectivity index (χ4v) is 1.43. The number of hydrogen-bond donors (Lipinski definition) is 1. The van der Waals surface area contributed by atoms with Gasteiger partial charge in [-0.2, -0.15) is 0 Å². The molecular formula is C17H25N3. The van der Waals surface area contributed by atoms with Crippen molar-refractivity contribution in [3.63, 3.8) is 0 Å². The predicted molar refractivity (Wildman–Crippen MR) is 89.4 cm³/mol. The fourth-order valence-electron chi connectivity index (χ4n) is 1.43. The Hall–Kier alpha value is -2.16. The van der Waals surface area contributed by atoms with Crippen molar-refractivity contribution in [1.82, 2.24) is 9.97 Å². The summed E-state index contributed by atoms with van der Waals surface area (Å²) in [6.07, 6.45) is 3.28. The van der Waals surface area contributed by atoms with Crippen LogP contribution in [-0.4, -0.2) is 9.97 Å². The van der Waals surface area contributed by atoms with Crippen LogP contribution in [0.2, 0.25) is 0 Å². The largest absolute Gasteiger partial charge is 0.382 e. The molecule has 0 saturated carbocycles. The number of hydrogen-bond acceptors (Lipinski definition) is 3. The lowest BCUT2D eigenvalue weighted by molar-refractivity contribution is 1.19. The molecule has 0 aliphatic rings. The van der Waals surface area contributed by atoms with E-state index in [1.165, 1.54) is 5.56 Å². The summed E-state index contributed by atoms with van der Waals surface area (Å²) < 4.78 is 0. The number of nitrogens with zero attached hydrogens (tertiary/aromatic N) is 2. The van der Waals surface area contributed by atoms with Crippen LogP contribution in [0.25, 0.3) is 17.3 Å². The van der Waals surface area contributed by atoms with Gasteiger partial charge in [-0.25, -0.2) is 9.97 Å². The smallest absolute Gasteiger partial charge is 0.149 e. The van der Waals surface area contributed by atoms with Crippen LogP contribution in [-0.2, 0) is 0 Å². The molecule has 20 heavy (non-hydrogen) atoms. The quantitative estimate of drug-likeness (QED) is 0.859. The van der Waals surface area contributed by atoms with E-state index >= 15 is 0 Å². The first-order chi connectivity index (χ1) is 9.70. The summed E-state index contributed by atoms with van der Waals surface area (Å²) >= 11 is 0. The Labute approximate surface area is 122 Å². The molecule has 108 valence electrons. The predicted octanol–water partition coefficient (Wildman–Crippen LogP) is 4.73. The standard InChI is InChI=1S/C13H13N3.2C2H6/c1-3-11-13(14)15-8-12(16-11)10-6-4-9(2)5-7-10;2*1-2/h3-8H,1H2,2H3,(H2,14,15);2*1-2H3. The Morgan fingerprint density at radius 1 is 1.05 bits per heavy atom. The summed E-state index contributed by atoms with van der Waals surface area (Å²) in [6, 6.07) is 8.12. The fraction of sp³-hybridized carbons (Fsp3) is 0.294. The zero-order chi connectivity index (χ0) is 15.5. The van der Waals surface area contributed by atoms with Gasteiger partial charge in [0.25, 0.3) is 0 Å². The normalized spacial score (nSPS) is 8.65. The highest BCUT2D eigenvalue weighted by Gasteiger charge is 2.03. The number of benzene rings is 1.